The fourth-order valence-corrected chi connectivity index (χ4v) is 6.87. The molecule has 2 heterocycles. The zero-order valence-electron chi connectivity index (χ0n) is 16.6. The number of nitrogens with one attached hydrogen (secondary N) is 1. The molecule has 4 saturated carbocycles. The van der Waals surface area contributed by atoms with Gasteiger partial charge in [-0.25, -0.2) is 9.67 Å². The summed E-state index contributed by atoms with van der Waals surface area (Å²) in [6, 6.07) is 0. The molecule has 4 fully saturated rings. The molecule has 9 heteroatoms. The first-order valence-electron chi connectivity index (χ1n) is 10.4. The zero-order valence-corrected chi connectivity index (χ0v) is 18.9. The van der Waals surface area contributed by atoms with Crippen LogP contribution in [-0.4, -0.2) is 37.0 Å². The highest BCUT2D eigenvalue weighted by molar-refractivity contribution is 9.10. The fourth-order valence-electron chi connectivity index (χ4n) is 6.46. The second-order valence-corrected chi connectivity index (χ2v) is 10.5. The molecule has 2 unspecified atom stereocenters. The van der Waals surface area contributed by atoms with Crippen LogP contribution < -0.4 is 5.32 Å². The van der Waals surface area contributed by atoms with Crippen LogP contribution in [0.4, 0.5) is 0 Å². The average molecular weight is 482 g/mol. The maximum Gasteiger partial charge on any atom is 0.226 e. The number of carbonyl (C=O) groups is 1. The van der Waals surface area contributed by atoms with Crippen LogP contribution in [0.2, 0.25) is 5.02 Å². The van der Waals surface area contributed by atoms with Crippen molar-refractivity contribution in [2.75, 3.05) is 6.54 Å². The molecule has 156 valence electrons. The summed E-state index contributed by atoms with van der Waals surface area (Å²) in [5.74, 6) is 1.45. The molecule has 0 radical (unpaired) electrons. The van der Waals surface area contributed by atoms with Gasteiger partial charge in [0.1, 0.15) is 6.33 Å². The third-order valence-corrected chi connectivity index (χ3v) is 7.93. The van der Waals surface area contributed by atoms with Gasteiger partial charge in [0.25, 0.3) is 0 Å². The number of amides is 1. The highest BCUT2D eigenvalue weighted by Gasteiger charge is 2.61. The van der Waals surface area contributed by atoms with Crippen molar-refractivity contribution in [2.45, 2.75) is 64.0 Å². The molecule has 0 aromatic carbocycles. The lowest BCUT2D eigenvalue weighted by molar-refractivity contribution is -0.156. The van der Waals surface area contributed by atoms with Crippen molar-refractivity contribution in [3.8, 4) is 0 Å². The third-order valence-electron chi connectivity index (χ3n) is 7.20. The molecule has 4 aliphatic rings. The lowest BCUT2D eigenvalue weighted by Gasteiger charge is -2.60. The summed E-state index contributed by atoms with van der Waals surface area (Å²) >= 11 is 9.45. The van der Waals surface area contributed by atoms with Gasteiger partial charge in [-0.05, 0) is 79.6 Å². The normalized spacial score (nSPS) is 32.7. The van der Waals surface area contributed by atoms with Crippen LogP contribution in [0.25, 0.3) is 0 Å². The molecule has 1 amide bonds. The van der Waals surface area contributed by atoms with E-state index >= 15 is 0 Å². The van der Waals surface area contributed by atoms with Gasteiger partial charge in [0.2, 0.25) is 10.6 Å². The second kappa shape index (κ2) is 7.08. The summed E-state index contributed by atoms with van der Waals surface area (Å²) in [5.41, 5.74) is 0.534. The largest absolute Gasteiger partial charge is 0.356 e. The zero-order chi connectivity index (χ0) is 20.2. The quantitative estimate of drug-likeness (QED) is 0.638. The lowest BCUT2D eigenvalue weighted by Crippen LogP contribution is -2.61. The summed E-state index contributed by atoms with van der Waals surface area (Å²) in [5, 5.41) is 12.9. The van der Waals surface area contributed by atoms with Crippen LogP contribution in [0.1, 0.15) is 50.6 Å². The van der Waals surface area contributed by atoms with Crippen LogP contribution in [0.5, 0.6) is 0 Å². The molecule has 6 rings (SSSR count). The molecule has 2 aromatic heterocycles. The minimum Gasteiger partial charge on any atom is -0.356 e. The van der Waals surface area contributed by atoms with E-state index in [1.54, 1.807) is 0 Å². The van der Waals surface area contributed by atoms with E-state index in [9.17, 15) is 4.79 Å². The molecule has 4 aliphatic carbocycles. The van der Waals surface area contributed by atoms with Crippen molar-refractivity contribution in [3.05, 3.63) is 28.0 Å². The number of hydrogen-bond acceptors (Lipinski definition) is 4. The van der Waals surface area contributed by atoms with E-state index in [0.29, 0.717) is 28.1 Å². The molecule has 0 spiro atoms. The summed E-state index contributed by atoms with van der Waals surface area (Å²) < 4.78 is 4.52. The molecular weight excluding hydrogens is 456 g/mol. The molecule has 2 aromatic rings. The summed E-state index contributed by atoms with van der Waals surface area (Å²) in [6.45, 7) is 3.31. The van der Waals surface area contributed by atoms with E-state index in [4.69, 9.17) is 11.6 Å². The molecule has 2 atom stereocenters. The summed E-state index contributed by atoms with van der Waals surface area (Å²) in [4.78, 5) is 17.6. The van der Waals surface area contributed by atoms with Crippen LogP contribution in [0, 0.1) is 24.2 Å². The van der Waals surface area contributed by atoms with Gasteiger partial charge < -0.3 is 5.32 Å². The second-order valence-electron chi connectivity index (χ2n) is 9.36. The minimum absolute atomic E-state index is 0.0518. The molecule has 0 saturated heterocycles. The number of carbonyl (C=O) groups excluding carboxylic acids is 1. The Hall–Kier alpha value is -1.41. The van der Waals surface area contributed by atoms with Gasteiger partial charge >= 0.3 is 0 Å². The van der Waals surface area contributed by atoms with Gasteiger partial charge in [-0.2, -0.15) is 5.10 Å². The van der Waals surface area contributed by atoms with Crippen LogP contribution >= 0.6 is 27.5 Å². The van der Waals surface area contributed by atoms with Crippen molar-refractivity contribution in [1.82, 2.24) is 29.9 Å². The highest BCUT2D eigenvalue weighted by atomic mass is 79.9. The number of halogens is 2. The first-order valence-corrected chi connectivity index (χ1v) is 11.6. The Bertz CT molecular complexity index is 906. The van der Waals surface area contributed by atoms with Crippen molar-refractivity contribution in [2.24, 2.45) is 17.3 Å². The first-order chi connectivity index (χ1) is 13.9. The summed E-state index contributed by atoms with van der Waals surface area (Å²) in [6.07, 6.45) is 10.9. The number of hydrogen-bond donors (Lipinski definition) is 1. The Morgan fingerprint density at radius 3 is 2.69 bits per heavy atom. The van der Waals surface area contributed by atoms with Crippen molar-refractivity contribution in [1.29, 1.82) is 0 Å². The van der Waals surface area contributed by atoms with Crippen LogP contribution in [-0.2, 0) is 16.9 Å². The Kier molecular flexibility index (Phi) is 4.77. The SMILES string of the molecule is Cc1nn(CCCNC(=O)C23CC4CC(C2)CC(n2cnc(Br)n2)(C4)C3)cc1Cl. The molecule has 29 heavy (non-hydrogen) atoms. The van der Waals surface area contributed by atoms with Crippen molar-refractivity contribution >= 4 is 33.4 Å². The number of aryl methyl sites for hydroxylation is 2. The van der Waals surface area contributed by atoms with Gasteiger partial charge in [-0.1, -0.05) is 11.6 Å². The monoisotopic (exact) mass is 480 g/mol. The third kappa shape index (κ3) is 3.42. The molecular formula is C20H26BrClN6O. The molecule has 7 nitrogen and oxygen atoms in total. The van der Waals surface area contributed by atoms with E-state index in [0.717, 1.165) is 50.8 Å². The number of rotatable bonds is 6. The maximum atomic E-state index is 13.3. The first kappa shape index (κ1) is 19.5. The highest BCUT2D eigenvalue weighted by Crippen LogP contribution is 2.64. The standard InChI is InChI=1S/C20H26BrClN6O/c1-13-16(22)10-27(25-13)4-2-3-23-17(29)19-6-14-5-15(7-19)9-20(8-14,11-19)28-12-24-18(21)26-28/h10,12,14-15H,2-9,11H2,1H3,(H,23,29). The predicted molar refractivity (Wildman–Crippen MR) is 112 cm³/mol. The van der Waals surface area contributed by atoms with Crippen molar-refractivity contribution < 1.29 is 4.79 Å². The predicted octanol–water partition coefficient (Wildman–Crippen LogP) is 3.70. The van der Waals surface area contributed by atoms with E-state index in [-0.39, 0.29) is 16.9 Å². The van der Waals surface area contributed by atoms with Gasteiger partial charge in [0.15, 0.2) is 0 Å². The Balaban J connectivity index is 1.25. The van der Waals surface area contributed by atoms with Crippen LogP contribution in [0.3, 0.4) is 0 Å². The molecule has 4 bridgehead atoms. The lowest BCUT2D eigenvalue weighted by atomic mass is 9.46. The average Bonchev–Trinajstić information content (AvgIpc) is 3.23. The van der Waals surface area contributed by atoms with Gasteiger partial charge in [-0.3, -0.25) is 9.48 Å². The van der Waals surface area contributed by atoms with E-state index in [2.05, 4.69) is 36.4 Å². The summed E-state index contributed by atoms with van der Waals surface area (Å²) in [7, 11) is 0. The topological polar surface area (TPSA) is 77.6 Å². The van der Waals surface area contributed by atoms with Crippen LogP contribution in [0.15, 0.2) is 17.3 Å². The number of aromatic nitrogens is 5. The smallest absolute Gasteiger partial charge is 0.226 e. The fraction of sp³-hybridized carbons (Fsp3) is 0.700. The van der Waals surface area contributed by atoms with Crippen molar-refractivity contribution in [3.63, 3.8) is 0 Å². The molecule has 1 N–H and O–H groups in total. The van der Waals surface area contributed by atoms with Gasteiger partial charge in [0.05, 0.1) is 21.7 Å². The number of nitrogens with zero attached hydrogens (tertiary/aromatic N) is 5. The van der Waals surface area contributed by atoms with E-state index in [1.807, 2.05) is 28.8 Å². The van der Waals surface area contributed by atoms with E-state index in [1.165, 1.54) is 6.42 Å². The Labute approximate surface area is 183 Å². The minimum atomic E-state index is -0.256. The Morgan fingerprint density at radius 1 is 1.31 bits per heavy atom. The molecule has 0 aliphatic heterocycles. The van der Waals surface area contributed by atoms with E-state index < -0.39 is 0 Å². The Morgan fingerprint density at radius 2 is 2.07 bits per heavy atom. The van der Waals surface area contributed by atoms with Gasteiger partial charge in [-0.15, -0.1) is 5.10 Å². The maximum absolute atomic E-state index is 13.3. The van der Waals surface area contributed by atoms with Gasteiger partial charge in [0, 0.05) is 19.3 Å².